The summed E-state index contributed by atoms with van der Waals surface area (Å²) in [5.41, 5.74) is 7.11. The number of hydrogen-bond donors (Lipinski definition) is 6. The molecule has 0 saturated heterocycles. The molecule has 0 aliphatic rings. The van der Waals surface area contributed by atoms with E-state index in [1.165, 1.54) is 0 Å². The Kier molecular flexibility index (Phi) is 12.0. The molecule has 40 heavy (non-hydrogen) atoms. The molecular formula is C30H36N4O5S. The second-order valence-corrected chi connectivity index (χ2v) is 9.96. The number of nitrogens with two attached hydrogens (primary N) is 1. The van der Waals surface area contributed by atoms with Crippen LogP contribution in [0.4, 0.5) is 0 Å². The normalized spacial score (nSPS) is 13.2. The molecule has 0 aliphatic carbocycles. The van der Waals surface area contributed by atoms with Gasteiger partial charge >= 0.3 is 5.97 Å². The Morgan fingerprint density at radius 1 is 0.750 bits per heavy atom. The topological polar surface area (TPSA) is 151 Å². The molecule has 9 nitrogen and oxygen atoms in total. The summed E-state index contributed by atoms with van der Waals surface area (Å²) in [6.45, 7) is 0.422. The molecule has 0 heterocycles. The number of carboxylic acids is 1. The molecule has 0 spiro atoms. The molecule has 3 aromatic carbocycles. The SMILES string of the molecule is NCCCCC(NC(=O)[C@H](CS)NC(=O)C(Cc1ccccc1)NC(=O)Cc1ccc2ccccc2c1)C(=O)O. The zero-order valence-electron chi connectivity index (χ0n) is 22.2. The first kappa shape index (κ1) is 30.6. The number of carbonyl (C=O) groups excluding carboxylic acids is 3. The summed E-state index contributed by atoms with van der Waals surface area (Å²) in [6, 6.07) is 19.6. The van der Waals surface area contributed by atoms with Crippen molar-refractivity contribution in [2.75, 3.05) is 12.3 Å². The molecule has 3 atom stereocenters. The number of aliphatic carboxylic acids is 1. The van der Waals surface area contributed by atoms with Gasteiger partial charge in [-0.2, -0.15) is 12.6 Å². The lowest BCUT2D eigenvalue weighted by Crippen LogP contribution is -2.57. The van der Waals surface area contributed by atoms with Crippen LogP contribution in [-0.2, 0) is 32.0 Å². The monoisotopic (exact) mass is 564 g/mol. The highest BCUT2D eigenvalue weighted by Gasteiger charge is 2.29. The molecule has 212 valence electrons. The van der Waals surface area contributed by atoms with Crippen molar-refractivity contribution in [2.45, 2.75) is 50.2 Å². The highest BCUT2D eigenvalue weighted by Crippen LogP contribution is 2.16. The maximum absolute atomic E-state index is 13.3. The lowest BCUT2D eigenvalue weighted by molar-refractivity contribution is -0.142. The number of thiol groups is 1. The fraction of sp³-hybridized carbons (Fsp3) is 0.333. The van der Waals surface area contributed by atoms with Crippen molar-refractivity contribution in [3.63, 3.8) is 0 Å². The van der Waals surface area contributed by atoms with Gasteiger partial charge in [-0.25, -0.2) is 4.79 Å². The van der Waals surface area contributed by atoms with Crippen molar-refractivity contribution < 1.29 is 24.3 Å². The van der Waals surface area contributed by atoms with E-state index in [-0.39, 0.29) is 30.9 Å². The third kappa shape index (κ3) is 9.39. The van der Waals surface area contributed by atoms with Crippen molar-refractivity contribution in [1.29, 1.82) is 0 Å². The molecule has 0 aliphatic heterocycles. The van der Waals surface area contributed by atoms with Gasteiger partial charge < -0.3 is 26.8 Å². The van der Waals surface area contributed by atoms with Crippen LogP contribution in [-0.4, -0.2) is 59.2 Å². The number of hydrogen-bond acceptors (Lipinski definition) is 6. The van der Waals surface area contributed by atoms with E-state index >= 15 is 0 Å². The van der Waals surface area contributed by atoms with Crippen molar-refractivity contribution in [3.05, 3.63) is 83.9 Å². The van der Waals surface area contributed by atoms with E-state index in [4.69, 9.17) is 5.73 Å². The zero-order chi connectivity index (χ0) is 28.9. The van der Waals surface area contributed by atoms with Gasteiger partial charge in [-0.05, 0) is 47.7 Å². The van der Waals surface area contributed by atoms with Crippen LogP contribution < -0.4 is 21.7 Å². The standard InChI is InChI=1S/C30H36N4O5S/c31-15-7-6-12-24(30(38)39)33-29(37)26(19-40)34-28(36)25(17-20-8-2-1-3-9-20)32-27(35)18-21-13-14-22-10-4-5-11-23(22)16-21/h1-5,8-11,13-14,16,24-26,40H,6-7,12,15,17-19,31H2,(H,32,35)(H,33,37)(H,34,36)(H,38,39)/t24?,25?,26-/m0/s1. The van der Waals surface area contributed by atoms with Gasteiger partial charge in [0.2, 0.25) is 17.7 Å². The molecule has 0 saturated carbocycles. The van der Waals surface area contributed by atoms with E-state index in [1.807, 2.05) is 72.8 Å². The number of fused-ring (bicyclic) bond motifs is 1. The van der Waals surface area contributed by atoms with Gasteiger partial charge in [0, 0.05) is 12.2 Å². The Morgan fingerprint density at radius 3 is 2.08 bits per heavy atom. The maximum atomic E-state index is 13.3. The third-order valence-corrected chi connectivity index (χ3v) is 6.86. The van der Waals surface area contributed by atoms with Gasteiger partial charge in [0.05, 0.1) is 6.42 Å². The Bertz CT molecular complexity index is 1300. The number of carboxylic acid groups (broad SMARTS) is 1. The highest BCUT2D eigenvalue weighted by molar-refractivity contribution is 7.80. The molecule has 0 bridgehead atoms. The summed E-state index contributed by atoms with van der Waals surface area (Å²) < 4.78 is 0. The molecule has 0 aromatic heterocycles. The van der Waals surface area contributed by atoms with Gasteiger partial charge in [0.25, 0.3) is 0 Å². The smallest absolute Gasteiger partial charge is 0.326 e. The molecule has 6 N–H and O–H groups in total. The number of rotatable bonds is 15. The Balaban J connectivity index is 1.69. The maximum Gasteiger partial charge on any atom is 0.326 e. The summed E-state index contributed by atoms with van der Waals surface area (Å²) in [7, 11) is 0. The summed E-state index contributed by atoms with van der Waals surface area (Å²) >= 11 is 4.20. The van der Waals surface area contributed by atoms with E-state index in [0.29, 0.717) is 19.4 Å². The third-order valence-electron chi connectivity index (χ3n) is 6.49. The van der Waals surface area contributed by atoms with Crippen LogP contribution in [0.5, 0.6) is 0 Å². The van der Waals surface area contributed by atoms with Gasteiger partial charge in [-0.3, -0.25) is 14.4 Å². The molecule has 2 unspecified atom stereocenters. The largest absolute Gasteiger partial charge is 0.480 e. The van der Waals surface area contributed by atoms with Gasteiger partial charge in [-0.1, -0.05) is 72.8 Å². The Labute approximate surface area is 239 Å². The summed E-state index contributed by atoms with van der Waals surface area (Å²) in [5, 5.41) is 19.5. The summed E-state index contributed by atoms with van der Waals surface area (Å²) in [5.74, 6) is -2.80. The van der Waals surface area contributed by atoms with Crippen LogP contribution in [0.2, 0.25) is 0 Å². The Hall–Kier alpha value is -3.89. The number of unbranched alkanes of at least 4 members (excludes halogenated alkanes) is 1. The van der Waals surface area contributed by atoms with Crippen LogP contribution in [0.3, 0.4) is 0 Å². The van der Waals surface area contributed by atoms with Crippen LogP contribution in [0.25, 0.3) is 10.8 Å². The minimum absolute atomic E-state index is 0.0597. The molecule has 3 aromatic rings. The number of nitrogens with one attached hydrogen (secondary N) is 3. The van der Waals surface area contributed by atoms with E-state index in [1.54, 1.807) is 0 Å². The van der Waals surface area contributed by atoms with Crippen molar-refractivity contribution >= 4 is 47.1 Å². The Morgan fingerprint density at radius 2 is 1.40 bits per heavy atom. The number of benzene rings is 3. The van der Waals surface area contributed by atoms with Gasteiger partial charge in [-0.15, -0.1) is 0 Å². The molecule has 3 rings (SSSR count). The second kappa shape index (κ2) is 15.6. The van der Waals surface area contributed by atoms with Crippen LogP contribution in [0.1, 0.15) is 30.4 Å². The van der Waals surface area contributed by atoms with Gasteiger partial charge in [0.1, 0.15) is 18.1 Å². The first-order chi connectivity index (χ1) is 19.3. The average Bonchev–Trinajstić information content (AvgIpc) is 2.95. The molecule has 0 fully saturated rings. The summed E-state index contributed by atoms with van der Waals surface area (Å²) in [6.07, 6.45) is 1.66. The predicted octanol–water partition coefficient (Wildman–Crippen LogP) is 2.22. The summed E-state index contributed by atoms with van der Waals surface area (Å²) in [4.78, 5) is 50.8. The predicted molar refractivity (Wildman–Crippen MR) is 158 cm³/mol. The molecule has 0 radical (unpaired) electrons. The molecule has 3 amide bonds. The fourth-order valence-corrected chi connectivity index (χ4v) is 4.58. The van der Waals surface area contributed by atoms with E-state index < -0.39 is 35.9 Å². The first-order valence-electron chi connectivity index (χ1n) is 13.3. The second-order valence-electron chi connectivity index (χ2n) is 9.60. The van der Waals surface area contributed by atoms with Crippen LogP contribution in [0.15, 0.2) is 72.8 Å². The average molecular weight is 565 g/mol. The zero-order valence-corrected chi connectivity index (χ0v) is 23.1. The molecular weight excluding hydrogens is 528 g/mol. The quantitative estimate of drug-likeness (QED) is 0.123. The molecule has 10 heteroatoms. The highest BCUT2D eigenvalue weighted by atomic mass is 32.1. The fourth-order valence-electron chi connectivity index (χ4n) is 4.33. The van der Waals surface area contributed by atoms with Crippen LogP contribution >= 0.6 is 12.6 Å². The lowest BCUT2D eigenvalue weighted by atomic mass is 10.0. The minimum atomic E-state index is -1.17. The van der Waals surface area contributed by atoms with Crippen molar-refractivity contribution in [1.82, 2.24) is 16.0 Å². The van der Waals surface area contributed by atoms with E-state index in [2.05, 4.69) is 28.6 Å². The minimum Gasteiger partial charge on any atom is -0.480 e. The van der Waals surface area contributed by atoms with E-state index in [9.17, 15) is 24.3 Å². The number of carbonyl (C=O) groups is 4. The van der Waals surface area contributed by atoms with E-state index in [0.717, 1.165) is 21.9 Å². The first-order valence-corrected chi connectivity index (χ1v) is 13.9. The van der Waals surface area contributed by atoms with Crippen LogP contribution in [0, 0.1) is 0 Å². The number of amides is 3. The van der Waals surface area contributed by atoms with Gasteiger partial charge in [0.15, 0.2) is 0 Å². The lowest BCUT2D eigenvalue weighted by Gasteiger charge is -2.24. The van der Waals surface area contributed by atoms with Crippen molar-refractivity contribution in [3.8, 4) is 0 Å². The van der Waals surface area contributed by atoms with Crippen molar-refractivity contribution in [2.24, 2.45) is 5.73 Å².